The summed E-state index contributed by atoms with van der Waals surface area (Å²) in [6.45, 7) is 10.1. The molecule has 0 unspecified atom stereocenters. The van der Waals surface area contributed by atoms with Crippen molar-refractivity contribution in [1.82, 2.24) is 5.32 Å². The Kier molecular flexibility index (Phi) is 4.84. The van der Waals surface area contributed by atoms with Crippen LogP contribution < -0.4 is 10.1 Å². The Morgan fingerprint density at radius 3 is 2.55 bits per heavy atom. The van der Waals surface area contributed by atoms with E-state index in [1.807, 2.05) is 18.4 Å². The Morgan fingerprint density at radius 2 is 1.85 bits per heavy atom. The number of thiophene rings is 1. The van der Waals surface area contributed by atoms with Gasteiger partial charge in [0.05, 0.1) is 0 Å². The van der Waals surface area contributed by atoms with Crippen LogP contribution in [-0.2, 0) is 13.2 Å². The topological polar surface area (TPSA) is 21.3 Å². The molecule has 1 aromatic heterocycles. The molecule has 1 N–H and O–H groups in total. The van der Waals surface area contributed by atoms with E-state index in [1.54, 1.807) is 0 Å². The van der Waals surface area contributed by atoms with Gasteiger partial charge in [0.25, 0.3) is 0 Å². The number of ether oxygens (including phenoxy) is 1. The van der Waals surface area contributed by atoms with Crippen LogP contribution in [-0.4, -0.2) is 7.05 Å². The van der Waals surface area contributed by atoms with Crippen molar-refractivity contribution in [3.05, 3.63) is 50.2 Å². The summed E-state index contributed by atoms with van der Waals surface area (Å²) < 4.78 is 6.04. The minimum atomic E-state index is 0.649. The van der Waals surface area contributed by atoms with Crippen LogP contribution in [0.1, 0.15) is 32.0 Å². The maximum Gasteiger partial charge on any atom is 0.123 e. The first-order valence-corrected chi connectivity index (χ1v) is 7.76. The highest BCUT2D eigenvalue weighted by atomic mass is 32.1. The lowest BCUT2D eigenvalue weighted by atomic mass is 10.1. The Bertz CT molecular complexity index is 601. The summed E-state index contributed by atoms with van der Waals surface area (Å²) in [5.74, 6) is 1.00. The summed E-state index contributed by atoms with van der Waals surface area (Å²) >= 11 is 1.84. The third kappa shape index (κ3) is 3.41. The standard InChI is InChI=1S/C17H23NOS/c1-11-6-12(2)13(3)17(7-11)19-10-15-8-16(9-18-5)20-14(15)4/h6-8,18H,9-10H2,1-5H3. The van der Waals surface area contributed by atoms with E-state index >= 15 is 0 Å². The van der Waals surface area contributed by atoms with Gasteiger partial charge in [-0.2, -0.15) is 0 Å². The Morgan fingerprint density at radius 1 is 1.10 bits per heavy atom. The molecule has 0 spiro atoms. The van der Waals surface area contributed by atoms with Crippen LogP contribution in [0.4, 0.5) is 0 Å². The van der Waals surface area contributed by atoms with Crippen LogP contribution in [0.25, 0.3) is 0 Å². The highest BCUT2D eigenvalue weighted by Gasteiger charge is 2.08. The van der Waals surface area contributed by atoms with Gasteiger partial charge in [0.1, 0.15) is 12.4 Å². The minimum Gasteiger partial charge on any atom is -0.489 e. The average Bonchev–Trinajstić information content (AvgIpc) is 2.73. The molecule has 3 heteroatoms. The quantitative estimate of drug-likeness (QED) is 0.887. The molecule has 20 heavy (non-hydrogen) atoms. The van der Waals surface area contributed by atoms with Crippen LogP contribution in [0.5, 0.6) is 5.75 Å². The summed E-state index contributed by atoms with van der Waals surface area (Å²) in [6.07, 6.45) is 0. The second kappa shape index (κ2) is 6.42. The van der Waals surface area contributed by atoms with Crippen LogP contribution in [0, 0.1) is 27.7 Å². The number of hydrogen-bond donors (Lipinski definition) is 1. The largest absolute Gasteiger partial charge is 0.489 e. The zero-order valence-electron chi connectivity index (χ0n) is 13.0. The molecule has 0 aliphatic heterocycles. The average molecular weight is 289 g/mol. The van der Waals surface area contributed by atoms with Gasteiger partial charge in [-0.1, -0.05) is 6.07 Å². The van der Waals surface area contributed by atoms with Crippen LogP contribution in [0.15, 0.2) is 18.2 Å². The molecule has 0 fully saturated rings. The molecule has 1 aromatic carbocycles. The maximum absolute atomic E-state index is 6.04. The van der Waals surface area contributed by atoms with Crippen molar-refractivity contribution < 1.29 is 4.74 Å². The van der Waals surface area contributed by atoms with Crippen molar-refractivity contribution in [2.24, 2.45) is 0 Å². The summed E-state index contributed by atoms with van der Waals surface area (Å²) in [5, 5.41) is 3.19. The van der Waals surface area contributed by atoms with Gasteiger partial charge in [0, 0.05) is 21.9 Å². The number of benzene rings is 1. The first kappa shape index (κ1) is 15.1. The van der Waals surface area contributed by atoms with Gasteiger partial charge < -0.3 is 10.1 Å². The summed E-state index contributed by atoms with van der Waals surface area (Å²) in [7, 11) is 1.98. The number of nitrogens with one attached hydrogen (secondary N) is 1. The molecule has 0 atom stereocenters. The lowest BCUT2D eigenvalue weighted by Crippen LogP contribution is -2.03. The first-order valence-electron chi connectivity index (χ1n) is 6.94. The van der Waals surface area contributed by atoms with Crippen molar-refractivity contribution in [3.63, 3.8) is 0 Å². The van der Waals surface area contributed by atoms with Gasteiger partial charge in [0.2, 0.25) is 0 Å². The Labute approximate surface area is 125 Å². The zero-order valence-corrected chi connectivity index (χ0v) is 13.8. The molecule has 0 radical (unpaired) electrons. The minimum absolute atomic E-state index is 0.649. The van der Waals surface area contributed by atoms with Gasteiger partial charge >= 0.3 is 0 Å². The van der Waals surface area contributed by atoms with Gasteiger partial charge in [0.15, 0.2) is 0 Å². The van der Waals surface area contributed by atoms with Crippen molar-refractivity contribution >= 4 is 11.3 Å². The molecule has 0 saturated heterocycles. The van der Waals surface area contributed by atoms with Crippen molar-refractivity contribution in [2.45, 2.75) is 40.8 Å². The summed E-state index contributed by atoms with van der Waals surface area (Å²) in [5.41, 5.74) is 5.07. The third-order valence-electron chi connectivity index (χ3n) is 3.57. The van der Waals surface area contributed by atoms with E-state index in [-0.39, 0.29) is 0 Å². The smallest absolute Gasteiger partial charge is 0.123 e. The predicted molar refractivity (Wildman–Crippen MR) is 86.8 cm³/mol. The lowest BCUT2D eigenvalue weighted by Gasteiger charge is -2.12. The molecule has 0 amide bonds. The number of hydrogen-bond acceptors (Lipinski definition) is 3. The van der Waals surface area contributed by atoms with E-state index in [4.69, 9.17) is 4.74 Å². The molecular formula is C17H23NOS. The van der Waals surface area contributed by atoms with E-state index in [0.29, 0.717) is 6.61 Å². The fourth-order valence-electron chi connectivity index (χ4n) is 2.30. The number of aryl methyl sites for hydroxylation is 3. The van der Waals surface area contributed by atoms with E-state index in [0.717, 1.165) is 12.3 Å². The second-order valence-electron chi connectivity index (χ2n) is 5.32. The third-order valence-corrected chi connectivity index (χ3v) is 4.66. The molecule has 0 saturated carbocycles. The van der Waals surface area contributed by atoms with Crippen LogP contribution >= 0.6 is 11.3 Å². The molecule has 2 nitrogen and oxygen atoms in total. The van der Waals surface area contributed by atoms with E-state index in [9.17, 15) is 0 Å². The normalized spacial score (nSPS) is 10.8. The first-order chi connectivity index (χ1) is 9.51. The Hall–Kier alpha value is -1.32. The molecule has 1 heterocycles. The predicted octanol–water partition coefficient (Wildman–Crippen LogP) is 4.28. The van der Waals surface area contributed by atoms with Crippen LogP contribution in [0.2, 0.25) is 0 Å². The summed E-state index contributed by atoms with van der Waals surface area (Å²) in [6, 6.07) is 6.57. The molecular weight excluding hydrogens is 266 g/mol. The van der Waals surface area contributed by atoms with Crippen molar-refractivity contribution in [1.29, 1.82) is 0 Å². The zero-order chi connectivity index (χ0) is 14.7. The number of rotatable bonds is 5. The second-order valence-corrected chi connectivity index (χ2v) is 6.66. The van der Waals surface area contributed by atoms with E-state index < -0.39 is 0 Å². The molecule has 2 aromatic rings. The molecule has 108 valence electrons. The van der Waals surface area contributed by atoms with E-state index in [1.165, 1.54) is 32.0 Å². The van der Waals surface area contributed by atoms with Gasteiger partial charge in [-0.25, -0.2) is 0 Å². The fraction of sp³-hybridized carbons (Fsp3) is 0.412. The van der Waals surface area contributed by atoms with Gasteiger partial charge in [-0.3, -0.25) is 0 Å². The highest BCUT2D eigenvalue weighted by molar-refractivity contribution is 7.12. The maximum atomic E-state index is 6.04. The molecule has 2 rings (SSSR count). The van der Waals surface area contributed by atoms with Crippen molar-refractivity contribution in [3.8, 4) is 5.75 Å². The molecule has 0 aliphatic rings. The monoisotopic (exact) mass is 289 g/mol. The van der Waals surface area contributed by atoms with E-state index in [2.05, 4.69) is 51.2 Å². The lowest BCUT2D eigenvalue weighted by molar-refractivity contribution is 0.303. The molecule has 0 bridgehead atoms. The Balaban J connectivity index is 2.12. The van der Waals surface area contributed by atoms with Crippen molar-refractivity contribution in [2.75, 3.05) is 7.05 Å². The highest BCUT2D eigenvalue weighted by Crippen LogP contribution is 2.27. The fourth-order valence-corrected chi connectivity index (χ4v) is 3.36. The SMILES string of the molecule is CNCc1cc(COc2cc(C)cc(C)c2C)c(C)s1. The van der Waals surface area contributed by atoms with Gasteiger partial charge in [-0.05, 0) is 63.6 Å². The van der Waals surface area contributed by atoms with Crippen LogP contribution in [0.3, 0.4) is 0 Å². The summed E-state index contributed by atoms with van der Waals surface area (Å²) in [4.78, 5) is 2.71. The molecule has 0 aliphatic carbocycles. The van der Waals surface area contributed by atoms with Gasteiger partial charge in [-0.15, -0.1) is 11.3 Å².